The third-order valence-corrected chi connectivity index (χ3v) is 12.0. The van der Waals surface area contributed by atoms with Crippen LogP contribution in [0.25, 0.3) is 0 Å². The zero-order valence-corrected chi connectivity index (χ0v) is 66.0. The molecule has 9 amide bonds. The first-order valence-corrected chi connectivity index (χ1v) is 33.2. The summed E-state index contributed by atoms with van der Waals surface area (Å²) in [5.41, 5.74) is 0.152. The molecule has 622 valence electrons. The van der Waals surface area contributed by atoms with Crippen LogP contribution in [0, 0.1) is 41.4 Å². The molecule has 3 heterocycles. The van der Waals surface area contributed by atoms with Crippen LogP contribution >= 0.6 is 22.6 Å². The lowest BCUT2D eigenvalue weighted by Gasteiger charge is -2.26. The summed E-state index contributed by atoms with van der Waals surface area (Å²) in [5.74, 6) is -23.5. The fourth-order valence-electron chi connectivity index (χ4n) is 7.21. The van der Waals surface area contributed by atoms with E-state index < -0.39 is 305 Å². The Labute approximate surface area is 687 Å². The number of alkyl halides is 1. The molecule has 0 spiro atoms. The maximum absolute atomic E-state index is 12.1. The third-order valence-electron chi connectivity index (χ3n) is 11.4. The van der Waals surface area contributed by atoms with Gasteiger partial charge >= 0.3 is 66.4 Å². The molecular formula is C72H130IN7O27. The number of amides is 9. The monoisotopic (exact) mass is 1680 g/mol. The van der Waals surface area contributed by atoms with Crippen molar-refractivity contribution in [3.05, 3.63) is 0 Å². The lowest BCUT2D eigenvalue weighted by Crippen LogP contribution is -2.45. The Morgan fingerprint density at radius 3 is 1.14 bits per heavy atom. The summed E-state index contributed by atoms with van der Waals surface area (Å²) in [4.78, 5) is 166. The summed E-state index contributed by atoms with van der Waals surface area (Å²) >= 11 is 1.38. The minimum Gasteiger partial charge on any atom is -0.481 e. The molecule has 0 aromatic carbocycles. The van der Waals surface area contributed by atoms with E-state index in [9.17, 15) is 72.2 Å². The second kappa shape index (κ2) is 47.5. The maximum atomic E-state index is 12.1. The SMILES string of the molecule is [2H][C@@H]([C@@H](C)NC(=O)OC(C)(C)C)[C@@H](C([2H])([2H])I)[12C]([2H])([2H])[2H].[2H][C@@H]([C@H](N)C(=O)O)[C@@H](C(=O)O)[12C]([2H])([2H])[2H].[2H][C@@H]1[C@@H](C(=O)O)N(C(=O)OC(C)(C)C)C(=O)[C@H]1[12C]([2H])([2H])[2H].[2H][C@@H]1[C@@H](C)N(C(=O)OC(C)(C)C)C(=O)[C@H]1[12C]([2H])([2H])[2H].[2H][C@@H]1[C@@H](CO)N(C(=O)OC(C)(C)C)C(=O)[C@H]1[12C]([2H])([2H])[2H].[2H][C@H]([C@@H](C(=O)O)[12C]([2H])([2H])[2H])[C@@H](C)NC(=O)OC(C)(C)C.[2H][C@H]([C@@H](C(=O)OO)[12C]([2H])([2H])[2H])[C@@H](C)NC(=O)OC(C)(C)C. The van der Waals surface area contributed by atoms with Crippen LogP contribution in [0.4, 0.5) is 28.8 Å². The van der Waals surface area contributed by atoms with Gasteiger partial charge in [-0.3, -0.25) is 28.8 Å². The van der Waals surface area contributed by atoms with Gasteiger partial charge in [0.05, 0.1) is 30.4 Å². The van der Waals surface area contributed by atoms with Crippen LogP contribution in [-0.4, -0.2) is 217 Å². The van der Waals surface area contributed by atoms with Gasteiger partial charge in [0.1, 0.15) is 45.7 Å². The number of halogens is 1. The number of aliphatic hydroxyl groups is 1. The van der Waals surface area contributed by atoms with E-state index in [2.05, 4.69) is 20.8 Å². The standard InChI is InChI=1S/C11H22INO2.C11H17NO5.C11H21NO5.C11H19NO4.C11H21NO4.C11H19NO3.C6H11NO4/c1-8(7-12)6-9(2)13-10(14)15-11(3,4)5;1-6-5-7(9(14)15)12(8(6)13)10(16)17-11(2,3)4;1-7(9(13)17-15)6-8(2)12-10(14)16-11(3,4)5;1-7-5-8(6-13)12(9(7)14)10(15)16-11(2,3)4;1-7(9(13)14)6-8(2)12-10(15)16-11(3,4)5;1-7-6-8(2)12(9(7)13)10(14)15-11(3,4)5;1-3(5(8)9)2-4(7)6(10)11/h8-9H,6-7H2,1-5H3,(H,13,14);6-7H,5H2,1-4H3,(H,14,15);7-8,15H,6H2,1-5H3,(H,12,14);7-8,13H,5-6H2,1-4H3;7-8H,6H2,1-5H3,(H,12,15)(H,13,14);7-8H,6H2,1-5H3;3-4H,2,7H2,1H3,(H,8,9)(H,10,11)/t8-,9+;6-,7-;7-,8+;7-,8-;2*7-,8+;3-,4-/m0000000/s1/i1+0D3,6D,7D2;1+0D3,5D;1+0D3,6D;1+0D3,5D;2*1+0D3,6D;1+0D3,2D/t6-,8+,9-;5-,6-,7-;6-,7+,8-;5-,7-,8-;6-,7+,8-;6-,7-,8+;2-,3+,4+/m1010101. The number of aliphatic carboxylic acids is 4. The average molecular weight is 1680 g/mol. The van der Waals surface area contributed by atoms with Crippen LogP contribution in [0.15, 0.2) is 0 Å². The van der Waals surface area contributed by atoms with Crippen molar-refractivity contribution in [2.75, 3.05) is 11.0 Å². The van der Waals surface area contributed by atoms with E-state index in [1.807, 2.05) is 0 Å². The van der Waals surface area contributed by atoms with E-state index in [4.69, 9.17) is 101 Å². The quantitative estimate of drug-likeness (QED) is 0.0200. The summed E-state index contributed by atoms with van der Waals surface area (Å²) in [6.45, 7) is 14.8. The van der Waals surface area contributed by atoms with E-state index >= 15 is 0 Å². The number of nitrogens with one attached hydrogen (secondary N) is 3. The molecule has 0 aromatic rings. The summed E-state index contributed by atoms with van der Waals surface area (Å²) in [6, 6.07) is -8.59. The first-order valence-electron chi connectivity index (χ1n) is 47.7. The molecule has 3 aliphatic heterocycles. The van der Waals surface area contributed by atoms with Gasteiger partial charge < -0.3 is 80.5 Å². The molecule has 3 saturated heterocycles. The molecule has 21 atom stereocenters. The van der Waals surface area contributed by atoms with E-state index in [1.54, 1.807) is 104 Å². The molecule has 11 N–H and O–H groups in total. The molecular weight excluding hydrogens is 1520 g/mol. The van der Waals surface area contributed by atoms with E-state index in [-0.39, 0.29) is 4.90 Å². The number of nitrogens with zero attached hydrogens (tertiary/aromatic N) is 3. The average Bonchev–Trinajstić information content (AvgIpc) is 1.61. The second-order valence-electron chi connectivity index (χ2n) is 28.9. The Morgan fingerprint density at radius 1 is 0.505 bits per heavy atom. The Balaban J connectivity index is -0.000000755. The number of carboxylic acid groups (broad SMARTS) is 4. The molecule has 0 unspecified atom stereocenters. The topological polar surface area (TPSA) is 497 Å². The summed E-state index contributed by atoms with van der Waals surface area (Å²) in [7, 11) is 0. The highest BCUT2D eigenvalue weighted by Crippen LogP contribution is 2.29. The van der Waals surface area contributed by atoms with Crippen molar-refractivity contribution < 1.29 is 172 Å². The molecule has 3 rings (SSSR count). The lowest BCUT2D eigenvalue weighted by molar-refractivity contribution is -0.238. The second-order valence-corrected chi connectivity index (χ2v) is 29.5. The minimum atomic E-state index is -2.95. The Bertz CT molecular complexity index is 4030. The largest absolute Gasteiger partial charge is 0.481 e. The van der Waals surface area contributed by atoms with Crippen molar-refractivity contribution in [2.24, 2.45) is 47.2 Å². The maximum Gasteiger partial charge on any atom is 0.417 e. The first-order chi connectivity index (χ1) is 60.2. The van der Waals surface area contributed by atoms with E-state index in [0.717, 1.165) is 4.90 Å². The number of aliphatic hydroxyl groups excluding tert-OH is 1. The van der Waals surface area contributed by atoms with Crippen molar-refractivity contribution in [3.8, 4) is 0 Å². The fraction of sp³-hybridized carbons (Fsp3) is 0.806. The van der Waals surface area contributed by atoms with Gasteiger partial charge in [-0.1, -0.05) is 70.6 Å². The number of rotatable bonds is 18. The number of ether oxygens (including phenoxy) is 6. The van der Waals surface area contributed by atoms with Crippen molar-refractivity contribution >= 4 is 107 Å². The Kier molecular flexibility index (Phi) is 27.2. The highest BCUT2D eigenvalue weighted by Gasteiger charge is 2.47. The zero-order chi connectivity index (χ0) is 111. The van der Waals surface area contributed by atoms with E-state index in [1.165, 1.54) is 71.1 Å². The van der Waals surface area contributed by atoms with Gasteiger partial charge in [-0.2, -0.15) is 5.26 Å². The number of likely N-dealkylation sites (tertiary alicyclic amines) is 3. The minimum absolute atomic E-state index is 0.224. The molecule has 35 heteroatoms. The summed E-state index contributed by atoms with van der Waals surface area (Å²) < 4.78 is 249. The highest BCUT2D eigenvalue weighted by atomic mass is 127. The predicted molar refractivity (Wildman–Crippen MR) is 402 cm³/mol. The van der Waals surface area contributed by atoms with Gasteiger partial charge in [-0.25, -0.2) is 53.1 Å². The molecule has 0 aromatic heterocycles. The van der Waals surface area contributed by atoms with Crippen LogP contribution < -0.4 is 21.7 Å². The molecule has 3 aliphatic rings. The van der Waals surface area contributed by atoms with Gasteiger partial charge in [-0.15, -0.1) is 0 Å². The van der Waals surface area contributed by atoms with Crippen molar-refractivity contribution in [1.29, 1.82) is 0 Å². The van der Waals surface area contributed by atoms with Crippen molar-refractivity contribution in [1.82, 2.24) is 30.7 Å². The highest BCUT2D eigenvalue weighted by molar-refractivity contribution is 14.1. The molecule has 3 fully saturated rings. The third kappa shape index (κ3) is 49.3. The van der Waals surface area contributed by atoms with Crippen LogP contribution in [0.3, 0.4) is 0 Å². The number of hydrogen-bond donors (Lipinski definition) is 10. The van der Waals surface area contributed by atoms with Gasteiger partial charge in [0.25, 0.3) is 0 Å². The van der Waals surface area contributed by atoms with Gasteiger partial charge in [0.15, 0.2) is 0 Å². The number of carboxylic acids is 4. The number of alkyl carbamates (subject to hydrolysis) is 3. The molecule has 0 aliphatic carbocycles. The van der Waals surface area contributed by atoms with Crippen LogP contribution in [-0.2, 0) is 71.7 Å². The molecule has 0 radical (unpaired) electrons. The van der Waals surface area contributed by atoms with E-state index in [0.29, 0.717) is 4.90 Å². The van der Waals surface area contributed by atoms with Crippen molar-refractivity contribution in [3.63, 3.8) is 0 Å². The smallest absolute Gasteiger partial charge is 0.417 e. The zero-order valence-electron chi connectivity index (χ0n) is 93.9. The summed E-state index contributed by atoms with van der Waals surface area (Å²) in [6.07, 6.45) is -16.3. The molecule has 34 nitrogen and oxygen atoms in total. The fourth-order valence-corrected chi connectivity index (χ4v) is 7.42. The van der Waals surface area contributed by atoms with Gasteiger partial charge in [-0.05, 0) is 203 Å². The molecule has 0 bridgehead atoms. The normalized spacial score (nSPS) is 28.3. The molecule has 0 saturated carbocycles. The number of carbonyl (C=O) groups is 14. The Hall–Kier alpha value is -7.41. The Morgan fingerprint density at radius 2 is 0.832 bits per heavy atom. The number of hydrogen-bond acceptors (Lipinski definition) is 24. The molecule has 107 heavy (non-hydrogen) atoms. The number of nitrogens with two attached hydrogens (primary N) is 1. The summed E-state index contributed by atoms with van der Waals surface area (Å²) in [5, 5.41) is 59.6. The van der Waals surface area contributed by atoms with Crippen molar-refractivity contribution in [2.45, 2.75) is 321 Å². The number of imide groups is 3. The number of carbonyl (C=O) groups excluding carboxylic acids is 10. The van der Waals surface area contributed by atoms with Crippen LogP contribution in [0.2, 0.25) is 0 Å². The van der Waals surface area contributed by atoms with Crippen LogP contribution in [0.5, 0.6) is 0 Å². The predicted octanol–water partition coefficient (Wildman–Crippen LogP) is 11.4. The lowest BCUT2D eigenvalue weighted by atomic mass is 10.0. The van der Waals surface area contributed by atoms with Gasteiger partial charge in [0.2, 0.25) is 17.7 Å². The van der Waals surface area contributed by atoms with Crippen LogP contribution in [0.1, 0.15) is 286 Å². The van der Waals surface area contributed by atoms with Gasteiger partial charge in [0, 0.05) is 87.4 Å². The first kappa shape index (κ1) is 61.4.